The average molecular weight is 456 g/mol. The molecule has 2 N–H and O–H groups in total. The Bertz CT molecular complexity index is 1190. The van der Waals surface area contributed by atoms with Crippen molar-refractivity contribution in [3.63, 3.8) is 0 Å². The Morgan fingerprint density at radius 1 is 1.25 bits per heavy atom. The minimum Gasteiger partial charge on any atom is -0.447 e. The Balaban J connectivity index is 1.67. The highest BCUT2D eigenvalue weighted by atomic mass is 32.1. The van der Waals surface area contributed by atoms with Crippen molar-refractivity contribution in [2.75, 3.05) is 31.6 Å². The largest absolute Gasteiger partial charge is 0.447 e. The third-order valence-corrected chi connectivity index (χ3v) is 5.78. The number of halogens is 1. The van der Waals surface area contributed by atoms with E-state index in [0.29, 0.717) is 36.7 Å². The van der Waals surface area contributed by atoms with Crippen molar-refractivity contribution in [3.05, 3.63) is 64.5 Å². The standard InChI is InChI=1S/C22H22FN5O3S/c1-24-20(29)25-9-10-28-19(14-32-21(28)26-17-4-2-3-16(23)13-17)15-5-7-18(8-6-15)27-11-12-31-22(27)30/h2-8,13-14H,9-12H2,1H3,(H2,24,25,29). The molecule has 2 heterocycles. The monoisotopic (exact) mass is 455 g/mol. The number of carbonyl (C=O) groups is 2. The van der Waals surface area contributed by atoms with Crippen LogP contribution in [0.25, 0.3) is 11.3 Å². The molecule has 166 valence electrons. The van der Waals surface area contributed by atoms with Crippen LogP contribution in [0.2, 0.25) is 0 Å². The van der Waals surface area contributed by atoms with E-state index in [9.17, 15) is 14.0 Å². The highest BCUT2D eigenvalue weighted by molar-refractivity contribution is 7.07. The molecule has 1 aliphatic rings. The summed E-state index contributed by atoms with van der Waals surface area (Å²) in [7, 11) is 1.56. The first-order chi connectivity index (χ1) is 15.5. The molecule has 0 bridgehead atoms. The molecule has 0 spiro atoms. The second-order valence-electron chi connectivity index (χ2n) is 6.97. The van der Waals surface area contributed by atoms with E-state index < -0.39 is 0 Å². The fourth-order valence-electron chi connectivity index (χ4n) is 3.33. The van der Waals surface area contributed by atoms with Crippen LogP contribution in [0.15, 0.2) is 58.9 Å². The maximum Gasteiger partial charge on any atom is 0.414 e. The van der Waals surface area contributed by atoms with Gasteiger partial charge in [-0.25, -0.2) is 19.0 Å². The fraction of sp³-hybridized carbons (Fsp3) is 0.227. The predicted octanol–water partition coefficient (Wildman–Crippen LogP) is 3.47. The molecule has 3 aromatic rings. The van der Waals surface area contributed by atoms with Crippen molar-refractivity contribution in [1.82, 2.24) is 15.2 Å². The quantitative estimate of drug-likeness (QED) is 0.597. The molecule has 2 aromatic carbocycles. The third-order valence-electron chi connectivity index (χ3n) is 4.91. The molecule has 0 unspecified atom stereocenters. The van der Waals surface area contributed by atoms with Gasteiger partial charge in [0.1, 0.15) is 12.4 Å². The van der Waals surface area contributed by atoms with Gasteiger partial charge in [0.05, 0.1) is 17.9 Å². The number of hydrogen-bond acceptors (Lipinski definition) is 5. The normalized spacial score (nSPS) is 13.9. The molecule has 32 heavy (non-hydrogen) atoms. The Labute approximate surface area is 188 Å². The first kappa shape index (κ1) is 21.6. The molecule has 1 aliphatic heterocycles. The van der Waals surface area contributed by atoms with E-state index in [-0.39, 0.29) is 17.9 Å². The van der Waals surface area contributed by atoms with Crippen LogP contribution < -0.4 is 20.3 Å². The summed E-state index contributed by atoms with van der Waals surface area (Å²) in [5.74, 6) is -0.355. The fourth-order valence-corrected chi connectivity index (χ4v) is 4.29. The maximum atomic E-state index is 13.6. The Kier molecular flexibility index (Phi) is 6.50. The lowest BCUT2D eigenvalue weighted by molar-refractivity contribution is 0.181. The number of thiazole rings is 1. The SMILES string of the molecule is CNC(=O)NCCn1c(-c2ccc(N3CCOC3=O)cc2)csc1=Nc1cccc(F)c1. The molecule has 0 atom stereocenters. The molecule has 8 nitrogen and oxygen atoms in total. The van der Waals surface area contributed by atoms with Crippen molar-refractivity contribution in [2.45, 2.75) is 6.54 Å². The molecular formula is C22H22FN5O3S. The Hall–Kier alpha value is -3.66. The second kappa shape index (κ2) is 9.65. The molecule has 0 aliphatic carbocycles. The average Bonchev–Trinajstić information content (AvgIpc) is 3.40. The van der Waals surface area contributed by atoms with Crippen molar-refractivity contribution in [2.24, 2.45) is 4.99 Å². The minimum absolute atomic E-state index is 0.271. The highest BCUT2D eigenvalue weighted by Gasteiger charge is 2.23. The van der Waals surface area contributed by atoms with Crippen LogP contribution in [-0.4, -0.2) is 43.4 Å². The van der Waals surface area contributed by atoms with Crippen LogP contribution in [0, 0.1) is 5.82 Å². The van der Waals surface area contributed by atoms with Gasteiger partial charge in [-0.1, -0.05) is 18.2 Å². The van der Waals surface area contributed by atoms with Crippen LogP contribution in [0.1, 0.15) is 0 Å². The minimum atomic E-state index is -0.355. The molecular weight excluding hydrogens is 433 g/mol. The first-order valence-electron chi connectivity index (χ1n) is 10.0. The van der Waals surface area contributed by atoms with E-state index in [4.69, 9.17) is 4.74 Å². The lowest BCUT2D eigenvalue weighted by Gasteiger charge is -2.14. The number of benzene rings is 2. The van der Waals surface area contributed by atoms with E-state index in [1.54, 1.807) is 24.1 Å². The molecule has 10 heteroatoms. The molecule has 3 amide bonds. The lowest BCUT2D eigenvalue weighted by atomic mass is 10.1. The maximum absolute atomic E-state index is 13.6. The molecule has 0 radical (unpaired) electrons. The van der Waals surface area contributed by atoms with Gasteiger partial charge in [0, 0.05) is 31.2 Å². The number of cyclic esters (lactones) is 1. The van der Waals surface area contributed by atoms with Crippen LogP contribution in [0.3, 0.4) is 0 Å². The summed E-state index contributed by atoms with van der Waals surface area (Å²) < 4.78 is 20.6. The van der Waals surface area contributed by atoms with Crippen LogP contribution in [0.4, 0.5) is 25.4 Å². The molecule has 1 fully saturated rings. The third kappa shape index (κ3) is 4.80. The zero-order valence-corrected chi connectivity index (χ0v) is 18.2. The van der Waals surface area contributed by atoms with Crippen molar-refractivity contribution >= 4 is 34.8 Å². The van der Waals surface area contributed by atoms with Crippen molar-refractivity contribution < 1.29 is 18.7 Å². The number of nitrogens with zero attached hydrogens (tertiary/aromatic N) is 3. The van der Waals surface area contributed by atoms with Crippen LogP contribution >= 0.6 is 11.3 Å². The van der Waals surface area contributed by atoms with Gasteiger partial charge >= 0.3 is 12.1 Å². The summed E-state index contributed by atoms with van der Waals surface area (Å²) >= 11 is 1.43. The number of amides is 3. The van der Waals surface area contributed by atoms with Crippen molar-refractivity contribution in [1.29, 1.82) is 0 Å². The summed E-state index contributed by atoms with van der Waals surface area (Å²) in [5.41, 5.74) is 3.11. The number of urea groups is 1. The summed E-state index contributed by atoms with van der Waals surface area (Å²) in [5, 5.41) is 7.27. The number of nitrogens with one attached hydrogen (secondary N) is 2. The lowest BCUT2D eigenvalue weighted by Crippen LogP contribution is -2.36. The van der Waals surface area contributed by atoms with Crippen molar-refractivity contribution in [3.8, 4) is 11.3 Å². The van der Waals surface area contributed by atoms with Gasteiger partial charge in [0.15, 0.2) is 4.80 Å². The summed E-state index contributed by atoms with van der Waals surface area (Å²) in [6.45, 7) is 1.77. The highest BCUT2D eigenvalue weighted by Crippen LogP contribution is 2.26. The zero-order chi connectivity index (χ0) is 22.5. The predicted molar refractivity (Wildman–Crippen MR) is 121 cm³/mol. The van der Waals surface area contributed by atoms with Gasteiger partial charge in [-0.05, 0) is 35.9 Å². The number of hydrogen-bond donors (Lipinski definition) is 2. The smallest absolute Gasteiger partial charge is 0.414 e. The van der Waals surface area contributed by atoms with E-state index in [1.165, 1.54) is 23.5 Å². The van der Waals surface area contributed by atoms with Crippen LogP contribution in [0.5, 0.6) is 0 Å². The van der Waals surface area contributed by atoms with E-state index >= 15 is 0 Å². The van der Waals surface area contributed by atoms with Gasteiger partial charge in [0.25, 0.3) is 0 Å². The molecule has 1 aromatic heterocycles. The summed E-state index contributed by atoms with van der Waals surface area (Å²) in [6, 6.07) is 13.4. The van der Waals surface area contributed by atoms with E-state index in [1.807, 2.05) is 34.2 Å². The number of anilines is 1. The van der Waals surface area contributed by atoms with E-state index in [2.05, 4.69) is 15.6 Å². The Morgan fingerprint density at radius 3 is 2.75 bits per heavy atom. The zero-order valence-electron chi connectivity index (χ0n) is 17.4. The number of ether oxygens (including phenoxy) is 1. The number of rotatable bonds is 6. The molecule has 1 saturated heterocycles. The van der Waals surface area contributed by atoms with Gasteiger partial charge in [-0.3, -0.25) is 4.90 Å². The molecule has 0 saturated carbocycles. The topological polar surface area (TPSA) is 88.0 Å². The first-order valence-corrected chi connectivity index (χ1v) is 10.9. The van der Waals surface area contributed by atoms with Crippen LogP contribution in [-0.2, 0) is 11.3 Å². The van der Waals surface area contributed by atoms with E-state index in [0.717, 1.165) is 16.9 Å². The van der Waals surface area contributed by atoms with Gasteiger partial charge in [-0.15, -0.1) is 11.3 Å². The summed E-state index contributed by atoms with van der Waals surface area (Å²) in [6.07, 6.45) is -0.347. The second-order valence-corrected chi connectivity index (χ2v) is 7.80. The van der Waals surface area contributed by atoms with Gasteiger partial charge < -0.3 is 19.9 Å². The van der Waals surface area contributed by atoms with Gasteiger partial charge in [0.2, 0.25) is 0 Å². The molecule has 4 rings (SSSR count). The van der Waals surface area contributed by atoms with Gasteiger partial charge in [-0.2, -0.15) is 0 Å². The number of aromatic nitrogens is 1. The Morgan fingerprint density at radius 2 is 2.06 bits per heavy atom. The summed E-state index contributed by atoms with van der Waals surface area (Å²) in [4.78, 5) is 30.2. The number of carbonyl (C=O) groups excluding carboxylic acids is 2.